The van der Waals surface area contributed by atoms with Gasteiger partial charge in [0.25, 0.3) is 0 Å². The number of hydrogen-bond donors (Lipinski definition) is 5. The highest BCUT2D eigenvalue weighted by molar-refractivity contribution is 5.89. The third kappa shape index (κ3) is 9.11. The first-order valence-corrected chi connectivity index (χ1v) is 7.13. The molecule has 0 unspecified atom stereocenters. The summed E-state index contributed by atoms with van der Waals surface area (Å²) in [5, 5.41) is 11.3. The van der Waals surface area contributed by atoms with Crippen LogP contribution >= 0.6 is 0 Å². The summed E-state index contributed by atoms with van der Waals surface area (Å²) in [6.45, 7) is 0.817. The van der Waals surface area contributed by atoms with Crippen LogP contribution in [-0.2, 0) is 14.4 Å². The largest absolute Gasteiger partial charge is 0.480 e. The van der Waals surface area contributed by atoms with Crippen molar-refractivity contribution in [2.45, 2.75) is 50.6 Å². The molecule has 0 rings (SSSR count). The minimum absolute atomic E-state index is 0.000793. The number of carbonyl (C=O) groups excluding carboxylic acids is 2. The predicted molar refractivity (Wildman–Crippen MR) is 78.4 cm³/mol. The molecule has 0 heterocycles. The predicted octanol–water partition coefficient (Wildman–Crippen LogP) is -1.29. The lowest BCUT2D eigenvalue weighted by atomic mass is 10.0. The lowest BCUT2D eigenvalue weighted by molar-refractivity contribution is -0.142. The summed E-state index contributed by atoms with van der Waals surface area (Å²) < 4.78 is 0. The molecule has 0 saturated heterocycles. The molecule has 2 atom stereocenters. The number of rotatable bonds is 12. The van der Waals surface area contributed by atoms with Gasteiger partial charge in [0.15, 0.2) is 0 Å². The second-order valence-corrected chi connectivity index (χ2v) is 4.89. The van der Waals surface area contributed by atoms with E-state index < -0.39 is 24.0 Å². The summed E-state index contributed by atoms with van der Waals surface area (Å²) in [6.07, 6.45) is 1.84. The molecule has 8 heteroatoms. The molecule has 1 amide bonds. The van der Waals surface area contributed by atoms with E-state index >= 15 is 0 Å². The van der Waals surface area contributed by atoms with Gasteiger partial charge in [-0.25, -0.2) is 4.79 Å². The second kappa shape index (κ2) is 11.2. The van der Waals surface area contributed by atoms with Crippen molar-refractivity contribution in [1.29, 1.82) is 0 Å². The number of carbonyl (C=O) groups is 3. The Hall–Kier alpha value is -1.51. The van der Waals surface area contributed by atoms with Crippen LogP contribution in [0.1, 0.15) is 38.5 Å². The quantitative estimate of drug-likeness (QED) is 0.299. The molecule has 0 spiro atoms. The maximum atomic E-state index is 11.7. The third-order valence-corrected chi connectivity index (χ3v) is 3.06. The average molecular weight is 302 g/mol. The molecular weight excluding hydrogens is 276 g/mol. The first kappa shape index (κ1) is 19.5. The molecule has 0 aromatic carbocycles. The van der Waals surface area contributed by atoms with Crippen molar-refractivity contribution in [1.82, 2.24) is 5.32 Å². The standard InChI is InChI=1S/C13H26N4O4/c14-7-1-3-9(16)11(18)5-6-12(19)17-10(13(20)21)4-2-8-15/h9-10H,1-8,14-16H2,(H,17,19)(H,20,21)/t9-,10+/m0/s1. The van der Waals surface area contributed by atoms with E-state index in [1.54, 1.807) is 0 Å². The highest BCUT2D eigenvalue weighted by Gasteiger charge is 2.20. The van der Waals surface area contributed by atoms with Crippen molar-refractivity contribution in [3.8, 4) is 0 Å². The van der Waals surface area contributed by atoms with Gasteiger partial charge in [-0.3, -0.25) is 9.59 Å². The first-order chi connectivity index (χ1) is 9.92. The van der Waals surface area contributed by atoms with Crippen LogP contribution < -0.4 is 22.5 Å². The van der Waals surface area contributed by atoms with Crippen LogP contribution in [0.4, 0.5) is 0 Å². The van der Waals surface area contributed by atoms with Crippen molar-refractivity contribution < 1.29 is 19.5 Å². The molecule has 0 fully saturated rings. The van der Waals surface area contributed by atoms with E-state index in [0.717, 1.165) is 0 Å². The zero-order chi connectivity index (χ0) is 16.3. The number of Topliss-reactive ketones (excluding diaryl/α,β-unsaturated/α-hetero) is 1. The smallest absolute Gasteiger partial charge is 0.326 e. The van der Waals surface area contributed by atoms with Crippen LogP contribution in [0, 0.1) is 0 Å². The van der Waals surface area contributed by atoms with Crippen LogP contribution in [0.3, 0.4) is 0 Å². The molecule has 0 aromatic rings. The van der Waals surface area contributed by atoms with Crippen molar-refractivity contribution in [3.05, 3.63) is 0 Å². The fourth-order valence-electron chi connectivity index (χ4n) is 1.77. The lowest BCUT2D eigenvalue weighted by Crippen LogP contribution is -2.41. The Morgan fingerprint density at radius 3 is 2.10 bits per heavy atom. The van der Waals surface area contributed by atoms with Gasteiger partial charge >= 0.3 is 5.97 Å². The van der Waals surface area contributed by atoms with Crippen LogP contribution in [0.15, 0.2) is 0 Å². The molecule has 0 aliphatic rings. The SMILES string of the molecule is NCCC[C@H](N)C(=O)CCC(=O)N[C@H](CCCN)C(=O)O. The topological polar surface area (TPSA) is 162 Å². The van der Waals surface area contributed by atoms with Gasteiger partial charge in [-0.05, 0) is 38.8 Å². The van der Waals surface area contributed by atoms with Gasteiger partial charge in [-0.15, -0.1) is 0 Å². The number of hydrogen-bond acceptors (Lipinski definition) is 6. The number of aliphatic carboxylic acids is 1. The van der Waals surface area contributed by atoms with Crippen molar-refractivity contribution in [3.63, 3.8) is 0 Å². The fourth-order valence-corrected chi connectivity index (χ4v) is 1.77. The van der Waals surface area contributed by atoms with Crippen molar-refractivity contribution >= 4 is 17.7 Å². The Morgan fingerprint density at radius 2 is 1.57 bits per heavy atom. The number of ketones is 1. The minimum atomic E-state index is -1.11. The normalized spacial score (nSPS) is 13.5. The van der Waals surface area contributed by atoms with E-state index in [1.807, 2.05) is 0 Å². The summed E-state index contributed by atoms with van der Waals surface area (Å²) in [4.78, 5) is 34.3. The molecule has 8 N–H and O–H groups in total. The van der Waals surface area contributed by atoms with Crippen LogP contribution in [0.2, 0.25) is 0 Å². The Kier molecular flexibility index (Phi) is 10.4. The van der Waals surface area contributed by atoms with Gasteiger partial charge < -0.3 is 27.6 Å². The molecule has 0 aliphatic carbocycles. The summed E-state index contributed by atoms with van der Waals surface area (Å²) in [6, 6.07) is -1.59. The van der Waals surface area contributed by atoms with E-state index in [0.29, 0.717) is 32.4 Å². The highest BCUT2D eigenvalue weighted by atomic mass is 16.4. The van der Waals surface area contributed by atoms with E-state index in [9.17, 15) is 14.4 Å². The highest BCUT2D eigenvalue weighted by Crippen LogP contribution is 2.02. The number of carboxylic acids is 1. The van der Waals surface area contributed by atoms with Crippen LogP contribution in [-0.4, -0.2) is 47.9 Å². The lowest BCUT2D eigenvalue weighted by Gasteiger charge is -2.14. The Labute approximate surface area is 124 Å². The van der Waals surface area contributed by atoms with Crippen LogP contribution in [0.25, 0.3) is 0 Å². The molecule has 8 nitrogen and oxygen atoms in total. The maximum Gasteiger partial charge on any atom is 0.326 e. The molecule has 0 aromatic heterocycles. The van der Waals surface area contributed by atoms with Crippen molar-refractivity contribution in [2.24, 2.45) is 17.2 Å². The third-order valence-electron chi connectivity index (χ3n) is 3.06. The van der Waals surface area contributed by atoms with Gasteiger partial charge in [0.2, 0.25) is 5.91 Å². The van der Waals surface area contributed by atoms with Gasteiger partial charge in [0.1, 0.15) is 11.8 Å². The number of amides is 1. The number of carboxylic acid groups (broad SMARTS) is 1. The van der Waals surface area contributed by atoms with Gasteiger partial charge in [-0.2, -0.15) is 0 Å². The zero-order valence-corrected chi connectivity index (χ0v) is 12.2. The summed E-state index contributed by atoms with van der Waals surface area (Å²) in [5.74, 6) is -1.80. The average Bonchev–Trinajstić information content (AvgIpc) is 2.45. The second-order valence-electron chi connectivity index (χ2n) is 4.89. The Bertz CT molecular complexity index is 349. The Morgan fingerprint density at radius 1 is 1.00 bits per heavy atom. The molecular formula is C13H26N4O4. The molecule has 0 saturated carbocycles. The molecule has 122 valence electrons. The number of nitrogens with one attached hydrogen (secondary N) is 1. The monoisotopic (exact) mass is 302 g/mol. The molecule has 0 aliphatic heterocycles. The van der Waals surface area contributed by atoms with Gasteiger partial charge in [0.05, 0.1) is 6.04 Å². The summed E-state index contributed by atoms with van der Waals surface area (Å²) in [7, 11) is 0. The van der Waals surface area contributed by atoms with Gasteiger partial charge in [-0.1, -0.05) is 0 Å². The zero-order valence-electron chi connectivity index (χ0n) is 12.2. The van der Waals surface area contributed by atoms with E-state index in [2.05, 4.69) is 5.32 Å². The van der Waals surface area contributed by atoms with E-state index in [1.165, 1.54) is 0 Å². The molecule has 21 heavy (non-hydrogen) atoms. The van der Waals surface area contributed by atoms with E-state index in [4.69, 9.17) is 22.3 Å². The fraction of sp³-hybridized carbons (Fsp3) is 0.769. The molecule has 0 radical (unpaired) electrons. The maximum absolute atomic E-state index is 11.7. The summed E-state index contributed by atoms with van der Waals surface area (Å²) >= 11 is 0. The van der Waals surface area contributed by atoms with Crippen molar-refractivity contribution in [2.75, 3.05) is 13.1 Å². The summed E-state index contributed by atoms with van der Waals surface area (Å²) in [5.41, 5.74) is 16.3. The molecule has 0 bridgehead atoms. The van der Waals surface area contributed by atoms with Gasteiger partial charge in [0, 0.05) is 12.8 Å². The van der Waals surface area contributed by atoms with Crippen LogP contribution in [0.5, 0.6) is 0 Å². The van der Waals surface area contributed by atoms with E-state index in [-0.39, 0.29) is 25.0 Å². The minimum Gasteiger partial charge on any atom is -0.480 e. The Balaban J connectivity index is 4.11. The number of nitrogens with two attached hydrogens (primary N) is 3. The first-order valence-electron chi connectivity index (χ1n) is 7.13.